The molecule has 2 aromatic rings. The monoisotopic (exact) mass is 478 g/mol. The van der Waals surface area contributed by atoms with Gasteiger partial charge in [-0.1, -0.05) is 62.4 Å². The van der Waals surface area contributed by atoms with Gasteiger partial charge in [0.05, 0.1) is 11.3 Å². The average molecular weight is 479 g/mol. The number of rotatable bonds is 7. The Hall–Kier alpha value is -3.35. The Bertz CT molecular complexity index is 1070. The van der Waals surface area contributed by atoms with E-state index >= 15 is 0 Å². The zero-order chi connectivity index (χ0) is 25.2. The standard InChI is InChI=1S/C28H34N2O5/c1-18(2)23(25(31)30-14-8-13-28(3,17-30)26(32)33)15-29-27(34)35-16-24-21-11-6-4-9-19(21)20-10-5-7-12-22(20)24/h4-7,9-12,18,23-24H,8,13-17H2,1-3H3,(H,29,34)(H,32,33). The second kappa shape index (κ2) is 10.1. The maximum Gasteiger partial charge on any atom is 0.407 e. The van der Waals surface area contributed by atoms with E-state index in [0.29, 0.717) is 19.4 Å². The van der Waals surface area contributed by atoms with E-state index in [1.807, 2.05) is 38.1 Å². The average Bonchev–Trinajstić information content (AvgIpc) is 3.16. The summed E-state index contributed by atoms with van der Waals surface area (Å²) in [5.41, 5.74) is 3.68. The lowest BCUT2D eigenvalue weighted by Gasteiger charge is -2.39. The molecule has 2 N–H and O–H groups in total. The molecule has 0 spiro atoms. The third-order valence-electron chi connectivity index (χ3n) is 7.46. The van der Waals surface area contributed by atoms with E-state index in [9.17, 15) is 19.5 Å². The van der Waals surface area contributed by atoms with Gasteiger partial charge in [-0.05, 0) is 47.9 Å². The summed E-state index contributed by atoms with van der Waals surface area (Å²) in [5.74, 6) is -1.50. The number of hydrogen-bond donors (Lipinski definition) is 2. The molecule has 2 aromatic carbocycles. The predicted molar refractivity (Wildman–Crippen MR) is 133 cm³/mol. The van der Waals surface area contributed by atoms with Crippen LogP contribution in [0.5, 0.6) is 0 Å². The summed E-state index contributed by atoms with van der Waals surface area (Å²) in [4.78, 5) is 39.2. The molecule has 2 amide bonds. The third kappa shape index (κ3) is 5.04. The number of amides is 2. The zero-order valence-corrected chi connectivity index (χ0v) is 20.6. The number of carboxylic acids is 1. The molecule has 1 aliphatic carbocycles. The van der Waals surface area contributed by atoms with Crippen molar-refractivity contribution in [2.45, 2.75) is 39.5 Å². The van der Waals surface area contributed by atoms with Crippen molar-refractivity contribution in [1.82, 2.24) is 10.2 Å². The molecule has 0 radical (unpaired) electrons. The lowest BCUT2D eigenvalue weighted by atomic mass is 9.81. The smallest absolute Gasteiger partial charge is 0.407 e. The first-order chi connectivity index (χ1) is 16.7. The molecule has 0 aromatic heterocycles. The van der Waals surface area contributed by atoms with E-state index in [1.54, 1.807) is 11.8 Å². The minimum atomic E-state index is -0.935. The number of aliphatic carboxylic acids is 1. The molecule has 7 nitrogen and oxygen atoms in total. The van der Waals surface area contributed by atoms with Crippen LogP contribution in [-0.2, 0) is 14.3 Å². The number of carbonyl (C=O) groups excluding carboxylic acids is 2. The molecule has 0 bridgehead atoms. The van der Waals surface area contributed by atoms with Crippen molar-refractivity contribution >= 4 is 18.0 Å². The van der Waals surface area contributed by atoms with Gasteiger partial charge in [-0.25, -0.2) is 4.79 Å². The summed E-state index contributed by atoms with van der Waals surface area (Å²) in [7, 11) is 0. The van der Waals surface area contributed by atoms with Gasteiger partial charge < -0.3 is 20.1 Å². The quantitative estimate of drug-likeness (QED) is 0.610. The molecule has 186 valence electrons. The van der Waals surface area contributed by atoms with Crippen LogP contribution in [0.25, 0.3) is 11.1 Å². The molecule has 2 unspecified atom stereocenters. The largest absolute Gasteiger partial charge is 0.481 e. The van der Waals surface area contributed by atoms with Gasteiger partial charge in [0.1, 0.15) is 6.61 Å². The lowest BCUT2D eigenvalue weighted by Crippen LogP contribution is -2.52. The molecular weight excluding hydrogens is 444 g/mol. The Morgan fingerprint density at radius 1 is 1.09 bits per heavy atom. The van der Waals surface area contributed by atoms with Gasteiger partial charge in [-0.2, -0.15) is 0 Å². The van der Waals surface area contributed by atoms with Crippen LogP contribution in [0, 0.1) is 17.3 Å². The Labute approximate surface area is 206 Å². The van der Waals surface area contributed by atoms with Crippen molar-refractivity contribution in [3.63, 3.8) is 0 Å². The summed E-state index contributed by atoms with van der Waals surface area (Å²) in [6.45, 7) is 6.64. The van der Waals surface area contributed by atoms with Crippen molar-refractivity contribution in [2.24, 2.45) is 17.3 Å². The van der Waals surface area contributed by atoms with Crippen molar-refractivity contribution in [3.05, 3.63) is 59.7 Å². The molecule has 0 saturated carbocycles. The van der Waals surface area contributed by atoms with Crippen molar-refractivity contribution in [3.8, 4) is 11.1 Å². The first kappa shape index (κ1) is 24.8. The van der Waals surface area contributed by atoms with Crippen molar-refractivity contribution < 1.29 is 24.2 Å². The summed E-state index contributed by atoms with van der Waals surface area (Å²) in [6.07, 6.45) is 0.648. The maximum atomic E-state index is 13.2. The summed E-state index contributed by atoms with van der Waals surface area (Å²) in [6, 6.07) is 16.3. The minimum Gasteiger partial charge on any atom is -0.481 e. The molecule has 2 atom stereocenters. The number of nitrogens with one attached hydrogen (secondary N) is 1. The van der Waals surface area contributed by atoms with Gasteiger partial charge in [-0.15, -0.1) is 0 Å². The molecule has 4 rings (SSSR count). The molecule has 1 saturated heterocycles. The predicted octanol–water partition coefficient (Wildman–Crippen LogP) is 4.51. The number of carboxylic acid groups (broad SMARTS) is 1. The molecule has 2 aliphatic rings. The number of hydrogen-bond acceptors (Lipinski definition) is 4. The van der Waals surface area contributed by atoms with Crippen molar-refractivity contribution in [2.75, 3.05) is 26.2 Å². The van der Waals surface area contributed by atoms with Crippen LogP contribution in [-0.4, -0.2) is 54.2 Å². The fraction of sp³-hybridized carbons (Fsp3) is 0.464. The second-order valence-corrected chi connectivity index (χ2v) is 10.3. The van der Waals surface area contributed by atoms with Crippen LogP contribution in [0.3, 0.4) is 0 Å². The number of fused-ring (bicyclic) bond motifs is 3. The molecule has 1 aliphatic heterocycles. The van der Waals surface area contributed by atoms with E-state index in [4.69, 9.17) is 4.74 Å². The Balaban J connectivity index is 1.36. The number of alkyl carbamates (subject to hydrolysis) is 1. The van der Waals surface area contributed by atoms with Gasteiger partial charge in [0, 0.05) is 25.6 Å². The zero-order valence-electron chi connectivity index (χ0n) is 20.6. The summed E-state index contributed by atoms with van der Waals surface area (Å²) in [5, 5.41) is 12.4. The van der Waals surface area contributed by atoms with Gasteiger partial charge in [0.2, 0.25) is 5.91 Å². The normalized spacial score (nSPS) is 20.2. The lowest BCUT2D eigenvalue weighted by molar-refractivity contribution is -0.154. The number of benzene rings is 2. The first-order valence-corrected chi connectivity index (χ1v) is 12.3. The van der Waals surface area contributed by atoms with Crippen LogP contribution in [0.15, 0.2) is 48.5 Å². The molecule has 7 heteroatoms. The van der Waals surface area contributed by atoms with E-state index < -0.39 is 23.4 Å². The van der Waals surface area contributed by atoms with Crippen LogP contribution >= 0.6 is 0 Å². The highest BCUT2D eigenvalue weighted by Gasteiger charge is 2.41. The second-order valence-electron chi connectivity index (χ2n) is 10.3. The molecular formula is C28H34N2O5. The molecule has 1 heterocycles. The highest BCUT2D eigenvalue weighted by Crippen LogP contribution is 2.44. The molecule has 35 heavy (non-hydrogen) atoms. The highest BCUT2D eigenvalue weighted by molar-refractivity contribution is 5.82. The summed E-state index contributed by atoms with van der Waals surface area (Å²) >= 11 is 0. The van der Waals surface area contributed by atoms with E-state index in [-0.39, 0.29) is 37.4 Å². The van der Waals surface area contributed by atoms with Gasteiger partial charge >= 0.3 is 12.1 Å². The summed E-state index contributed by atoms with van der Waals surface area (Å²) < 4.78 is 5.61. The fourth-order valence-electron chi connectivity index (χ4n) is 5.29. The molecule has 1 fully saturated rings. The van der Waals surface area contributed by atoms with Crippen LogP contribution in [0.2, 0.25) is 0 Å². The Morgan fingerprint density at radius 3 is 2.26 bits per heavy atom. The highest BCUT2D eigenvalue weighted by atomic mass is 16.5. The number of piperidine rings is 1. The number of ether oxygens (including phenoxy) is 1. The van der Waals surface area contributed by atoms with Crippen molar-refractivity contribution in [1.29, 1.82) is 0 Å². The number of likely N-dealkylation sites (tertiary alicyclic amines) is 1. The fourth-order valence-corrected chi connectivity index (χ4v) is 5.29. The Kier molecular flexibility index (Phi) is 7.15. The van der Waals surface area contributed by atoms with Crippen LogP contribution < -0.4 is 5.32 Å². The van der Waals surface area contributed by atoms with E-state index in [1.165, 1.54) is 0 Å². The van der Waals surface area contributed by atoms with Crippen LogP contribution in [0.4, 0.5) is 4.79 Å². The van der Waals surface area contributed by atoms with E-state index in [2.05, 4.69) is 29.6 Å². The maximum absolute atomic E-state index is 13.2. The number of carbonyl (C=O) groups is 3. The SMILES string of the molecule is CC(C)C(CNC(=O)OCC1c2ccccc2-c2ccccc21)C(=O)N1CCCC(C)(C(=O)O)C1. The van der Waals surface area contributed by atoms with Gasteiger partial charge in [0.15, 0.2) is 0 Å². The van der Waals surface area contributed by atoms with Gasteiger partial charge in [0.25, 0.3) is 0 Å². The van der Waals surface area contributed by atoms with E-state index in [0.717, 1.165) is 22.3 Å². The first-order valence-electron chi connectivity index (χ1n) is 12.3. The minimum absolute atomic E-state index is 0.0191. The third-order valence-corrected chi connectivity index (χ3v) is 7.46. The van der Waals surface area contributed by atoms with Crippen LogP contribution in [0.1, 0.15) is 50.7 Å². The Morgan fingerprint density at radius 2 is 1.69 bits per heavy atom. The van der Waals surface area contributed by atoms with Gasteiger partial charge in [-0.3, -0.25) is 9.59 Å². The topological polar surface area (TPSA) is 95.9 Å². The number of nitrogens with zero attached hydrogens (tertiary/aromatic N) is 1.